The molecule has 0 spiro atoms. The van der Waals surface area contributed by atoms with E-state index in [4.69, 9.17) is 10.5 Å². The van der Waals surface area contributed by atoms with Crippen LogP contribution in [0.5, 0.6) is 0 Å². The number of nitriles is 2. The Hall–Kier alpha value is -1.67. The second-order valence-corrected chi connectivity index (χ2v) is 6.76. The molecular formula is C12H11F3N2O2S. The highest BCUT2D eigenvalue weighted by Crippen LogP contribution is 2.42. The molecule has 1 aliphatic rings. The number of alkyl halides is 3. The minimum atomic E-state index is -5.07. The van der Waals surface area contributed by atoms with E-state index in [9.17, 15) is 22.2 Å². The van der Waals surface area contributed by atoms with Crippen molar-refractivity contribution in [3.05, 3.63) is 11.1 Å². The van der Waals surface area contributed by atoms with Gasteiger partial charge in [-0.15, -0.1) is 0 Å². The van der Waals surface area contributed by atoms with Crippen LogP contribution < -0.4 is 0 Å². The van der Waals surface area contributed by atoms with Crippen molar-refractivity contribution in [1.82, 2.24) is 0 Å². The molecule has 108 valence electrons. The predicted molar refractivity (Wildman–Crippen MR) is 64.3 cm³/mol. The average molecular weight is 304 g/mol. The molecule has 0 heterocycles. The van der Waals surface area contributed by atoms with Crippen molar-refractivity contribution in [2.75, 3.05) is 0 Å². The molecule has 8 heteroatoms. The fraction of sp³-hybridized carbons (Fsp3) is 0.583. The quantitative estimate of drug-likeness (QED) is 0.696. The Morgan fingerprint density at radius 2 is 1.80 bits per heavy atom. The molecule has 0 radical (unpaired) electrons. The van der Waals surface area contributed by atoms with E-state index in [1.807, 2.05) is 0 Å². The maximum atomic E-state index is 12.6. The number of carbonyl (C=O) groups is 1. The Balaban J connectivity index is 3.44. The van der Waals surface area contributed by atoms with E-state index in [0.29, 0.717) is 0 Å². The van der Waals surface area contributed by atoms with Gasteiger partial charge in [0.1, 0.15) is 33.8 Å². The van der Waals surface area contributed by atoms with E-state index in [1.54, 1.807) is 13.8 Å². The largest absolute Gasteiger partial charge is 0.472 e. The van der Waals surface area contributed by atoms with Crippen molar-refractivity contribution >= 4 is 16.6 Å². The first-order valence-electron chi connectivity index (χ1n) is 5.57. The van der Waals surface area contributed by atoms with Gasteiger partial charge < -0.3 is 0 Å². The number of Topliss-reactive ketones (excluding diaryl/α,β-unsaturated/α-hetero) is 1. The van der Waals surface area contributed by atoms with Crippen molar-refractivity contribution in [2.45, 2.75) is 37.4 Å². The van der Waals surface area contributed by atoms with Gasteiger partial charge in [-0.3, -0.25) is 4.79 Å². The molecule has 0 bridgehead atoms. The van der Waals surface area contributed by atoms with Gasteiger partial charge in [-0.2, -0.15) is 23.7 Å². The van der Waals surface area contributed by atoms with Gasteiger partial charge in [-0.1, -0.05) is 13.8 Å². The maximum absolute atomic E-state index is 12.6. The third kappa shape index (κ3) is 3.26. The Labute approximate surface area is 116 Å². The summed E-state index contributed by atoms with van der Waals surface area (Å²) >= 11 is 0. The minimum Gasteiger partial charge on any atom is -0.298 e. The number of carbonyl (C=O) groups excluding carboxylic acids is 1. The zero-order valence-corrected chi connectivity index (χ0v) is 11.6. The number of halogens is 3. The topological polar surface area (TPSA) is 81.7 Å². The lowest BCUT2D eigenvalue weighted by atomic mass is 9.73. The van der Waals surface area contributed by atoms with Crippen LogP contribution in [0, 0.1) is 28.1 Å². The van der Waals surface area contributed by atoms with E-state index in [2.05, 4.69) is 0 Å². The van der Waals surface area contributed by atoms with Crippen LogP contribution in [0.15, 0.2) is 11.1 Å². The molecule has 1 rings (SSSR count). The van der Waals surface area contributed by atoms with Crippen LogP contribution in [-0.2, 0) is 15.6 Å². The molecule has 0 aliphatic heterocycles. The van der Waals surface area contributed by atoms with E-state index in [1.165, 1.54) is 12.1 Å². The molecule has 1 aliphatic carbocycles. The lowest BCUT2D eigenvalue weighted by Gasteiger charge is -2.35. The Morgan fingerprint density at radius 1 is 1.30 bits per heavy atom. The third-order valence-corrected chi connectivity index (χ3v) is 4.35. The summed E-state index contributed by atoms with van der Waals surface area (Å²) in [5.74, 6) is -0.852. The molecular weight excluding hydrogens is 293 g/mol. The van der Waals surface area contributed by atoms with Crippen LogP contribution in [0.3, 0.4) is 0 Å². The van der Waals surface area contributed by atoms with Gasteiger partial charge in [0.05, 0.1) is 0 Å². The molecule has 0 aromatic heterocycles. The van der Waals surface area contributed by atoms with Gasteiger partial charge in [0.15, 0.2) is 5.78 Å². The second kappa shape index (κ2) is 5.37. The van der Waals surface area contributed by atoms with Crippen molar-refractivity contribution in [3.63, 3.8) is 0 Å². The summed E-state index contributed by atoms with van der Waals surface area (Å²) in [4.78, 5) is 11.9. The normalized spacial score (nSPS) is 23.6. The molecule has 20 heavy (non-hydrogen) atoms. The van der Waals surface area contributed by atoms with Crippen molar-refractivity contribution < 1.29 is 22.2 Å². The van der Waals surface area contributed by atoms with Gasteiger partial charge in [-0.25, -0.2) is 4.21 Å². The molecule has 0 N–H and O–H groups in total. The highest BCUT2D eigenvalue weighted by molar-refractivity contribution is 7.87. The van der Waals surface area contributed by atoms with Gasteiger partial charge in [0, 0.05) is 6.42 Å². The third-order valence-electron chi connectivity index (χ3n) is 2.92. The Morgan fingerprint density at radius 3 is 2.20 bits per heavy atom. The summed E-state index contributed by atoms with van der Waals surface area (Å²) in [6.45, 7) is 3.29. The monoisotopic (exact) mass is 304 g/mol. The molecule has 1 fully saturated rings. The van der Waals surface area contributed by atoms with Crippen LogP contribution in [0.25, 0.3) is 0 Å². The summed E-state index contributed by atoms with van der Waals surface area (Å²) in [6, 6.07) is 2.96. The summed E-state index contributed by atoms with van der Waals surface area (Å²) in [7, 11) is -3.45. The van der Waals surface area contributed by atoms with Crippen molar-refractivity contribution in [3.8, 4) is 12.1 Å². The fourth-order valence-corrected chi connectivity index (χ4v) is 3.25. The first-order valence-corrected chi connectivity index (χ1v) is 6.78. The van der Waals surface area contributed by atoms with Gasteiger partial charge >= 0.3 is 5.51 Å². The van der Waals surface area contributed by atoms with E-state index in [-0.39, 0.29) is 18.4 Å². The van der Waals surface area contributed by atoms with Crippen LogP contribution in [0.2, 0.25) is 0 Å². The van der Waals surface area contributed by atoms with Crippen LogP contribution in [0.1, 0.15) is 26.7 Å². The number of hydrogen-bond acceptors (Lipinski definition) is 4. The Kier molecular flexibility index (Phi) is 4.40. The first kappa shape index (κ1) is 16.4. The predicted octanol–water partition coefficient (Wildman–Crippen LogP) is 2.36. The summed E-state index contributed by atoms with van der Waals surface area (Å²) < 4.78 is 49.3. The van der Waals surface area contributed by atoms with Gasteiger partial charge in [-0.05, 0) is 17.4 Å². The van der Waals surface area contributed by atoms with Gasteiger partial charge in [0.25, 0.3) is 0 Å². The van der Waals surface area contributed by atoms with E-state index < -0.39 is 38.3 Å². The van der Waals surface area contributed by atoms with Crippen LogP contribution >= 0.6 is 0 Å². The highest BCUT2D eigenvalue weighted by Gasteiger charge is 2.50. The van der Waals surface area contributed by atoms with Crippen molar-refractivity contribution in [2.24, 2.45) is 5.41 Å². The number of rotatable bonds is 1. The van der Waals surface area contributed by atoms with E-state index in [0.717, 1.165) is 0 Å². The second-order valence-electron chi connectivity index (χ2n) is 5.23. The SMILES string of the molecule is CC1(C)CC(=O)C(S(=O)C(F)(F)F)C(=C(C#N)C#N)C1. The van der Waals surface area contributed by atoms with Crippen molar-refractivity contribution in [1.29, 1.82) is 10.5 Å². The molecule has 0 aromatic rings. The molecule has 4 nitrogen and oxygen atoms in total. The molecule has 1 saturated carbocycles. The highest BCUT2D eigenvalue weighted by atomic mass is 32.2. The summed E-state index contributed by atoms with van der Waals surface area (Å²) in [5.41, 5.74) is -6.57. The van der Waals surface area contributed by atoms with E-state index >= 15 is 0 Å². The molecule has 0 saturated heterocycles. The van der Waals surface area contributed by atoms with Crippen LogP contribution in [-0.4, -0.2) is 20.8 Å². The molecule has 2 atom stereocenters. The zero-order chi connectivity index (χ0) is 15.7. The smallest absolute Gasteiger partial charge is 0.298 e. The van der Waals surface area contributed by atoms with Gasteiger partial charge in [0.2, 0.25) is 0 Å². The number of ketones is 1. The number of nitrogens with zero attached hydrogens (tertiary/aromatic N) is 2. The fourth-order valence-electron chi connectivity index (χ4n) is 2.20. The molecule has 0 aromatic carbocycles. The molecule has 0 amide bonds. The molecule has 2 unspecified atom stereocenters. The lowest BCUT2D eigenvalue weighted by molar-refractivity contribution is -0.121. The number of allylic oxidation sites excluding steroid dienone is 1. The minimum absolute atomic E-state index is 0.0400. The Bertz CT molecular complexity index is 563. The maximum Gasteiger partial charge on any atom is 0.472 e. The zero-order valence-electron chi connectivity index (χ0n) is 10.7. The summed E-state index contributed by atoms with van der Waals surface area (Å²) in [5, 5.41) is 15.7. The number of hydrogen-bond donors (Lipinski definition) is 0. The lowest BCUT2D eigenvalue weighted by Crippen LogP contribution is -2.43. The standard InChI is InChI=1S/C12H11F3N2O2S/c1-11(2)3-8(7(5-16)6-17)10(9(18)4-11)20(19)12(13,14)15/h10H,3-4H2,1-2H3. The average Bonchev–Trinajstić information content (AvgIpc) is 2.26. The van der Waals surface area contributed by atoms with Crippen LogP contribution in [0.4, 0.5) is 13.2 Å². The first-order chi connectivity index (χ1) is 9.03. The summed E-state index contributed by atoms with van der Waals surface area (Å²) in [6.07, 6.45) is -0.213.